The van der Waals surface area contributed by atoms with Crippen molar-refractivity contribution in [3.63, 3.8) is 0 Å². The zero-order valence-electron chi connectivity index (χ0n) is 10.6. The first-order chi connectivity index (χ1) is 9.13. The van der Waals surface area contributed by atoms with E-state index in [9.17, 15) is 4.79 Å². The van der Waals surface area contributed by atoms with Gasteiger partial charge in [-0.15, -0.1) is 0 Å². The molecule has 102 valence electrons. The fourth-order valence-electron chi connectivity index (χ4n) is 2.76. The molecule has 3 N–H and O–H groups in total. The number of nitrogens with two attached hydrogens (primary N) is 1. The van der Waals surface area contributed by atoms with Gasteiger partial charge in [-0.2, -0.15) is 0 Å². The maximum Gasteiger partial charge on any atom is 0.317 e. The number of hydrogen-bond acceptors (Lipinski definition) is 3. The summed E-state index contributed by atoms with van der Waals surface area (Å²) in [5.41, 5.74) is 7.80. The number of anilines is 1. The Labute approximate surface area is 117 Å². The minimum Gasteiger partial charge on any atom is -0.398 e. The second kappa shape index (κ2) is 4.90. The number of halogens is 1. The van der Waals surface area contributed by atoms with Crippen molar-refractivity contribution in [2.45, 2.75) is 12.6 Å². The number of benzene rings is 1. The van der Waals surface area contributed by atoms with Crippen molar-refractivity contribution in [3.05, 3.63) is 28.8 Å². The predicted octanol–water partition coefficient (Wildman–Crippen LogP) is 1.13. The van der Waals surface area contributed by atoms with Crippen LogP contribution in [0.3, 0.4) is 0 Å². The van der Waals surface area contributed by atoms with Crippen LogP contribution >= 0.6 is 11.6 Å². The molecule has 1 atom stereocenters. The highest BCUT2D eigenvalue weighted by molar-refractivity contribution is 6.30. The fourth-order valence-corrected chi connectivity index (χ4v) is 2.94. The van der Waals surface area contributed by atoms with E-state index in [1.165, 1.54) is 0 Å². The number of nitrogens with zero attached hydrogens (tertiary/aromatic N) is 2. The second-order valence-corrected chi connectivity index (χ2v) is 5.55. The van der Waals surface area contributed by atoms with Gasteiger partial charge in [0.15, 0.2) is 0 Å². The Balaban J connectivity index is 1.66. The molecule has 3 rings (SSSR count). The minimum atomic E-state index is 0.0654. The van der Waals surface area contributed by atoms with Gasteiger partial charge in [0.2, 0.25) is 0 Å². The highest BCUT2D eigenvalue weighted by atomic mass is 35.5. The van der Waals surface area contributed by atoms with Crippen molar-refractivity contribution in [1.29, 1.82) is 0 Å². The summed E-state index contributed by atoms with van der Waals surface area (Å²) < 4.78 is 0. The molecular formula is C13H17ClN4O. The average Bonchev–Trinajstić information content (AvgIpc) is 2.74. The van der Waals surface area contributed by atoms with Gasteiger partial charge in [0.25, 0.3) is 0 Å². The molecule has 1 aromatic rings. The molecule has 2 heterocycles. The number of rotatable bonds is 2. The Morgan fingerprint density at radius 1 is 1.42 bits per heavy atom. The van der Waals surface area contributed by atoms with E-state index in [-0.39, 0.29) is 12.1 Å². The van der Waals surface area contributed by atoms with Gasteiger partial charge in [-0.05, 0) is 17.7 Å². The standard InChI is InChI=1S/C13H17ClN4O/c14-10-2-1-9(12(15)5-10)7-17-3-4-18-11(8-17)6-16-13(18)19/h1-2,5,11H,3-4,6-8,15H2,(H,16,19). The summed E-state index contributed by atoms with van der Waals surface area (Å²) >= 11 is 5.90. The molecular weight excluding hydrogens is 264 g/mol. The van der Waals surface area contributed by atoms with Crippen LogP contribution in [0.2, 0.25) is 5.02 Å². The summed E-state index contributed by atoms with van der Waals surface area (Å²) in [7, 11) is 0. The highest BCUT2D eigenvalue weighted by Gasteiger charge is 2.35. The number of piperazine rings is 1. The second-order valence-electron chi connectivity index (χ2n) is 5.11. The predicted molar refractivity (Wildman–Crippen MR) is 75.0 cm³/mol. The summed E-state index contributed by atoms with van der Waals surface area (Å²) in [4.78, 5) is 15.8. The van der Waals surface area contributed by atoms with E-state index in [2.05, 4.69) is 10.2 Å². The SMILES string of the molecule is Nc1cc(Cl)ccc1CN1CCN2C(=O)NCC2C1. The first-order valence-corrected chi connectivity index (χ1v) is 6.82. The molecule has 6 heteroatoms. The Bertz CT molecular complexity index is 507. The van der Waals surface area contributed by atoms with E-state index in [4.69, 9.17) is 17.3 Å². The first-order valence-electron chi connectivity index (χ1n) is 6.44. The van der Waals surface area contributed by atoms with E-state index in [1.54, 1.807) is 6.07 Å². The van der Waals surface area contributed by atoms with Crippen molar-refractivity contribution >= 4 is 23.3 Å². The first kappa shape index (κ1) is 12.6. The summed E-state index contributed by atoms with van der Waals surface area (Å²) in [6, 6.07) is 5.98. The zero-order chi connectivity index (χ0) is 13.4. The van der Waals surface area contributed by atoms with E-state index >= 15 is 0 Å². The molecule has 0 spiro atoms. The van der Waals surface area contributed by atoms with Crippen molar-refractivity contribution < 1.29 is 4.79 Å². The Hall–Kier alpha value is -1.46. The van der Waals surface area contributed by atoms with Crippen LogP contribution < -0.4 is 11.1 Å². The van der Waals surface area contributed by atoms with Crippen LogP contribution in [-0.4, -0.2) is 48.1 Å². The molecule has 0 radical (unpaired) electrons. The summed E-state index contributed by atoms with van der Waals surface area (Å²) in [6.45, 7) is 4.10. The van der Waals surface area contributed by atoms with Gasteiger partial charge in [-0.25, -0.2) is 4.79 Å². The molecule has 2 aliphatic rings. The molecule has 2 amide bonds. The highest BCUT2D eigenvalue weighted by Crippen LogP contribution is 2.22. The Kier molecular flexibility index (Phi) is 3.24. The molecule has 5 nitrogen and oxygen atoms in total. The Morgan fingerprint density at radius 2 is 2.26 bits per heavy atom. The van der Waals surface area contributed by atoms with Gasteiger partial charge < -0.3 is 16.0 Å². The zero-order valence-corrected chi connectivity index (χ0v) is 11.4. The molecule has 2 aliphatic heterocycles. The largest absolute Gasteiger partial charge is 0.398 e. The number of nitrogen functional groups attached to an aromatic ring is 1. The van der Waals surface area contributed by atoms with E-state index in [1.807, 2.05) is 17.0 Å². The normalized spacial score (nSPS) is 23.3. The van der Waals surface area contributed by atoms with E-state index in [0.717, 1.165) is 44.0 Å². The van der Waals surface area contributed by atoms with E-state index < -0.39 is 0 Å². The van der Waals surface area contributed by atoms with E-state index in [0.29, 0.717) is 5.02 Å². The van der Waals surface area contributed by atoms with Gasteiger partial charge in [0.05, 0.1) is 6.04 Å². The average molecular weight is 281 g/mol. The Morgan fingerprint density at radius 3 is 3.05 bits per heavy atom. The van der Waals surface area contributed by atoms with Gasteiger partial charge in [-0.3, -0.25) is 4.90 Å². The number of urea groups is 1. The van der Waals surface area contributed by atoms with Gasteiger partial charge in [0, 0.05) is 43.4 Å². The van der Waals surface area contributed by atoms with Crippen LogP contribution in [0, 0.1) is 0 Å². The van der Waals surface area contributed by atoms with Crippen LogP contribution in [0.25, 0.3) is 0 Å². The van der Waals surface area contributed by atoms with Crippen LogP contribution in [0.1, 0.15) is 5.56 Å². The van der Waals surface area contributed by atoms with Gasteiger partial charge in [-0.1, -0.05) is 17.7 Å². The summed E-state index contributed by atoms with van der Waals surface area (Å²) in [5.74, 6) is 0. The molecule has 2 fully saturated rings. The quantitative estimate of drug-likeness (QED) is 0.799. The third-order valence-corrected chi connectivity index (χ3v) is 4.05. The topological polar surface area (TPSA) is 61.6 Å². The van der Waals surface area contributed by atoms with Crippen molar-refractivity contribution in [2.24, 2.45) is 0 Å². The van der Waals surface area contributed by atoms with Crippen LogP contribution in [0.4, 0.5) is 10.5 Å². The maximum atomic E-state index is 11.5. The van der Waals surface area contributed by atoms with Gasteiger partial charge >= 0.3 is 6.03 Å². The lowest BCUT2D eigenvalue weighted by atomic mass is 10.1. The smallest absolute Gasteiger partial charge is 0.317 e. The van der Waals surface area contributed by atoms with Gasteiger partial charge in [0.1, 0.15) is 0 Å². The monoisotopic (exact) mass is 280 g/mol. The number of amides is 2. The molecule has 2 saturated heterocycles. The number of carbonyl (C=O) groups excluding carboxylic acids is 1. The number of hydrogen-bond donors (Lipinski definition) is 2. The fraction of sp³-hybridized carbons (Fsp3) is 0.462. The van der Waals surface area contributed by atoms with Crippen molar-refractivity contribution in [2.75, 3.05) is 31.9 Å². The molecule has 0 aliphatic carbocycles. The maximum absolute atomic E-state index is 11.5. The molecule has 1 aromatic carbocycles. The van der Waals surface area contributed by atoms with Crippen molar-refractivity contribution in [3.8, 4) is 0 Å². The molecule has 19 heavy (non-hydrogen) atoms. The molecule has 1 unspecified atom stereocenters. The van der Waals surface area contributed by atoms with Crippen LogP contribution in [0.15, 0.2) is 18.2 Å². The number of carbonyl (C=O) groups is 1. The lowest BCUT2D eigenvalue weighted by Crippen LogP contribution is -2.51. The third kappa shape index (κ3) is 2.48. The summed E-state index contributed by atoms with van der Waals surface area (Å²) in [6.07, 6.45) is 0. The lowest BCUT2D eigenvalue weighted by Gasteiger charge is -2.36. The molecule has 0 bridgehead atoms. The lowest BCUT2D eigenvalue weighted by molar-refractivity contribution is 0.117. The minimum absolute atomic E-state index is 0.0654. The third-order valence-electron chi connectivity index (χ3n) is 3.82. The molecule has 0 saturated carbocycles. The number of nitrogens with one attached hydrogen (secondary N) is 1. The van der Waals surface area contributed by atoms with Crippen molar-refractivity contribution in [1.82, 2.24) is 15.1 Å². The summed E-state index contributed by atoms with van der Waals surface area (Å²) in [5, 5.41) is 3.55. The van der Waals surface area contributed by atoms with Crippen LogP contribution in [0.5, 0.6) is 0 Å². The molecule has 0 aromatic heterocycles. The number of fused-ring (bicyclic) bond motifs is 1. The van der Waals surface area contributed by atoms with Crippen LogP contribution in [-0.2, 0) is 6.54 Å².